The van der Waals surface area contributed by atoms with Gasteiger partial charge in [-0.05, 0) is 36.4 Å². The molecule has 0 aliphatic heterocycles. The van der Waals surface area contributed by atoms with E-state index < -0.39 is 0 Å². The number of nitrogens with zero attached hydrogens (tertiary/aromatic N) is 3. The number of hydrogen-bond acceptors (Lipinski definition) is 6. The summed E-state index contributed by atoms with van der Waals surface area (Å²) >= 11 is 3.31. The Labute approximate surface area is 166 Å². The third-order valence-electron chi connectivity index (χ3n) is 3.97. The summed E-state index contributed by atoms with van der Waals surface area (Å²) in [7, 11) is 1.66. The second kappa shape index (κ2) is 8.33. The summed E-state index contributed by atoms with van der Waals surface area (Å²) in [5, 5.41) is 12.7. The third kappa shape index (κ3) is 4.35. The SMILES string of the molecule is COc1ccc(-c2ccc(SCc3csc(-c4ccccc4)n3)nn2)cc1. The van der Waals surface area contributed by atoms with Gasteiger partial charge < -0.3 is 4.74 Å². The lowest BCUT2D eigenvalue weighted by molar-refractivity contribution is 0.415. The first kappa shape index (κ1) is 17.7. The molecule has 0 spiro atoms. The zero-order valence-electron chi connectivity index (χ0n) is 14.7. The Hall–Kier alpha value is -2.70. The second-order valence-corrected chi connectivity index (χ2v) is 7.64. The summed E-state index contributed by atoms with van der Waals surface area (Å²) in [6, 6.07) is 22.1. The van der Waals surface area contributed by atoms with Crippen molar-refractivity contribution in [3.05, 3.63) is 77.8 Å². The number of thioether (sulfide) groups is 1. The van der Waals surface area contributed by atoms with Crippen molar-refractivity contribution in [2.24, 2.45) is 0 Å². The van der Waals surface area contributed by atoms with Gasteiger partial charge in [-0.3, -0.25) is 0 Å². The molecule has 134 valence electrons. The molecule has 2 heterocycles. The van der Waals surface area contributed by atoms with E-state index >= 15 is 0 Å². The fraction of sp³-hybridized carbons (Fsp3) is 0.0952. The highest BCUT2D eigenvalue weighted by Crippen LogP contribution is 2.28. The van der Waals surface area contributed by atoms with E-state index in [1.54, 1.807) is 30.2 Å². The molecule has 2 aromatic heterocycles. The van der Waals surface area contributed by atoms with Crippen molar-refractivity contribution in [2.75, 3.05) is 7.11 Å². The average Bonchev–Trinajstić information content (AvgIpc) is 3.22. The minimum atomic E-state index is 0.778. The lowest BCUT2D eigenvalue weighted by atomic mass is 10.1. The molecule has 0 aliphatic carbocycles. The van der Waals surface area contributed by atoms with Crippen LogP contribution in [0.1, 0.15) is 5.69 Å². The first-order valence-electron chi connectivity index (χ1n) is 8.42. The average molecular weight is 392 g/mol. The zero-order chi connectivity index (χ0) is 18.5. The fourth-order valence-corrected chi connectivity index (χ4v) is 4.19. The van der Waals surface area contributed by atoms with E-state index in [0.29, 0.717) is 0 Å². The van der Waals surface area contributed by atoms with Crippen molar-refractivity contribution in [3.8, 4) is 27.6 Å². The van der Waals surface area contributed by atoms with Gasteiger partial charge in [-0.15, -0.1) is 21.5 Å². The molecule has 4 rings (SSSR count). The largest absolute Gasteiger partial charge is 0.497 e. The molecule has 0 saturated carbocycles. The minimum Gasteiger partial charge on any atom is -0.497 e. The summed E-state index contributed by atoms with van der Waals surface area (Å²) in [4.78, 5) is 4.71. The fourth-order valence-electron chi connectivity index (χ4n) is 2.55. The molecular weight excluding hydrogens is 374 g/mol. The number of ether oxygens (including phenoxy) is 1. The van der Waals surface area contributed by atoms with Crippen LogP contribution in [0.5, 0.6) is 5.75 Å². The Kier molecular flexibility index (Phi) is 5.46. The minimum absolute atomic E-state index is 0.778. The third-order valence-corrected chi connectivity index (χ3v) is 5.86. The molecule has 2 aromatic carbocycles. The molecule has 4 aromatic rings. The molecule has 0 N–H and O–H groups in total. The monoisotopic (exact) mass is 391 g/mol. The van der Waals surface area contributed by atoms with E-state index in [1.807, 2.05) is 54.6 Å². The Bertz CT molecular complexity index is 1000. The van der Waals surface area contributed by atoms with Gasteiger partial charge in [-0.2, -0.15) is 0 Å². The molecule has 6 heteroatoms. The van der Waals surface area contributed by atoms with Gasteiger partial charge in [0.15, 0.2) is 0 Å². The highest BCUT2D eigenvalue weighted by atomic mass is 32.2. The molecule has 27 heavy (non-hydrogen) atoms. The molecule has 0 bridgehead atoms. The van der Waals surface area contributed by atoms with Gasteiger partial charge in [-0.25, -0.2) is 4.98 Å². The Morgan fingerprint density at radius 2 is 1.70 bits per heavy atom. The van der Waals surface area contributed by atoms with Crippen LogP contribution in [0.15, 0.2) is 77.1 Å². The zero-order valence-corrected chi connectivity index (χ0v) is 16.3. The van der Waals surface area contributed by atoms with Crippen LogP contribution in [0.2, 0.25) is 0 Å². The van der Waals surface area contributed by atoms with Crippen molar-refractivity contribution >= 4 is 23.1 Å². The van der Waals surface area contributed by atoms with Gasteiger partial charge in [0, 0.05) is 22.3 Å². The van der Waals surface area contributed by atoms with E-state index in [-0.39, 0.29) is 0 Å². The number of benzene rings is 2. The summed E-state index contributed by atoms with van der Waals surface area (Å²) in [6.07, 6.45) is 0. The lowest BCUT2D eigenvalue weighted by Crippen LogP contribution is -1.90. The Morgan fingerprint density at radius 3 is 2.41 bits per heavy atom. The van der Waals surface area contributed by atoms with Crippen LogP contribution in [0, 0.1) is 0 Å². The van der Waals surface area contributed by atoms with Crippen LogP contribution < -0.4 is 4.74 Å². The first-order chi connectivity index (χ1) is 13.3. The van der Waals surface area contributed by atoms with Crippen LogP contribution in [-0.2, 0) is 5.75 Å². The first-order valence-corrected chi connectivity index (χ1v) is 10.3. The van der Waals surface area contributed by atoms with Gasteiger partial charge in [0.25, 0.3) is 0 Å². The van der Waals surface area contributed by atoms with Crippen LogP contribution in [0.4, 0.5) is 0 Å². The quantitative estimate of drug-likeness (QED) is 0.402. The van der Waals surface area contributed by atoms with Crippen molar-refractivity contribution in [1.82, 2.24) is 15.2 Å². The topological polar surface area (TPSA) is 47.9 Å². The van der Waals surface area contributed by atoms with Crippen molar-refractivity contribution in [2.45, 2.75) is 10.8 Å². The number of rotatable bonds is 6. The van der Waals surface area contributed by atoms with Crippen LogP contribution in [0.25, 0.3) is 21.8 Å². The number of methoxy groups -OCH3 is 1. The molecular formula is C21H17N3OS2. The van der Waals surface area contributed by atoms with Gasteiger partial charge >= 0.3 is 0 Å². The van der Waals surface area contributed by atoms with E-state index in [4.69, 9.17) is 9.72 Å². The smallest absolute Gasteiger partial charge is 0.123 e. The molecule has 0 unspecified atom stereocenters. The Morgan fingerprint density at radius 1 is 0.889 bits per heavy atom. The van der Waals surface area contributed by atoms with Crippen LogP contribution in [0.3, 0.4) is 0 Å². The Balaban J connectivity index is 1.39. The van der Waals surface area contributed by atoms with E-state index in [9.17, 15) is 0 Å². The van der Waals surface area contributed by atoms with Crippen molar-refractivity contribution in [1.29, 1.82) is 0 Å². The maximum atomic E-state index is 5.18. The van der Waals surface area contributed by atoms with Gasteiger partial charge in [0.2, 0.25) is 0 Å². The summed E-state index contributed by atoms with van der Waals surface area (Å²) < 4.78 is 5.18. The lowest BCUT2D eigenvalue weighted by Gasteiger charge is -2.03. The maximum absolute atomic E-state index is 5.18. The van der Waals surface area contributed by atoms with E-state index in [2.05, 4.69) is 27.7 Å². The van der Waals surface area contributed by atoms with Gasteiger partial charge in [-0.1, -0.05) is 42.1 Å². The van der Waals surface area contributed by atoms with Gasteiger partial charge in [0.1, 0.15) is 15.8 Å². The molecule has 0 saturated heterocycles. The number of hydrogen-bond donors (Lipinski definition) is 0. The summed E-state index contributed by atoms with van der Waals surface area (Å²) in [5.74, 6) is 1.61. The summed E-state index contributed by atoms with van der Waals surface area (Å²) in [5.41, 5.74) is 4.08. The van der Waals surface area contributed by atoms with E-state index in [1.165, 1.54) is 0 Å². The number of thiazole rings is 1. The molecule has 0 fully saturated rings. The van der Waals surface area contributed by atoms with Crippen molar-refractivity contribution < 1.29 is 4.74 Å². The highest BCUT2D eigenvalue weighted by Gasteiger charge is 2.07. The molecule has 0 atom stereocenters. The second-order valence-electron chi connectivity index (χ2n) is 5.78. The maximum Gasteiger partial charge on any atom is 0.123 e. The molecule has 0 amide bonds. The molecule has 0 radical (unpaired) electrons. The summed E-state index contributed by atoms with van der Waals surface area (Å²) in [6.45, 7) is 0. The predicted molar refractivity (Wildman–Crippen MR) is 111 cm³/mol. The normalized spacial score (nSPS) is 10.7. The molecule has 0 aliphatic rings. The highest BCUT2D eigenvalue weighted by molar-refractivity contribution is 7.98. The number of aromatic nitrogens is 3. The van der Waals surface area contributed by atoms with Crippen LogP contribution in [-0.4, -0.2) is 22.3 Å². The van der Waals surface area contributed by atoms with Crippen molar-refractivity contribution in [3.63, 3.8) is 0 Å². The van der Waals surface area contributed by atoms with E-state index in [0.717, 1.165) is 44.1 Å². The standard InChI is InChI=1S/C21H17N3OS2/c1-25-18-9-7-15(8-10-18)19-11-12-20(24-23-19)26-13-17-14-27-21(22-17)16-5-3-2-4-6-16/h2-12,14H,13H2,1H3. The molecule has 4 nitrogen and oxygen atoms in total. The van der Waals surface area contributed by atoms with Crippen LogP contribution >= 0.6 is 23.1 Å². The predicted octanol–water partition coefficient (Wildman–Crippen LogP) is 5.57. The van der Waals surface area contributed by atoms with Gasteiger partial charge in [0.05, 0.1) is 18.5 Å².